The molecular formula is C18H22N4O2. The van der Waals surface area contributed by atoms with Gasteiger partial charge in [-0.05, 0) is 18.9 Å². The fraction of sp³-hybridized carbons (Fsp3) is 0.389. The number of benzene rings is 1. The summed E-state index contributed by atoms with van der Waals surface area (Å²) in [5, 5.41) is 6.20. The second-order valence-electron chi connectivity index (χ2n) is 5.91. The topological polar surface area (TPSA) is 76.1 Å². The van der Waals surface area contributed by atoms with E-state index in [2.05, 4.69) is 20.6 Å². The maximum atomic E-state index is 12.1. The molecule has 126 valence electrons. The monoisotopic (exact) mass is 326 g/mol. The molecule has 1 aromatic heterocycles. The molecule has 0 unspecified atom stereocenters. The summed E-state index contributed by atoms with van der Waals surface area (Å²) in [5.74, 6) is 1.30. The van der Waals surface area contributed by atoms with Crippen molar-refractivity contribution in [2.45, 2.75) is 38.3 Å². The van der Waals surface area contributed by atoms with Gasteiger partial charge in [-0.3, -0.25) is 4.79 Å². The van der Waals surface area contributed by atoms with Gasteiger partial charge in [-0.1, -0.05) is 31.0 Å². The van der Waals surface area contributed by atoms with Gasteiger partial charge in [0.15, 0.2) is 0 Å². The summed E-state index contributed by atoms with van der Waals surface area (Å²) in [7, 11) is 1.65. The van der Waals surface area contributed by atoms with Crippen LogP contribution in [-0.2, 0) is 6.54 Å². The van der Waals surface area contributed by atoms with Gasteiger partial charge in [0.05, 0.1) is 19.5 Å². The van der Waals surface area contributed by atoms with Crippen molar-refractivity contribution in [2.24, 2.45) is 0 Å². The summed E-state index contributed by atoms with van der Waals surface area (Å²) >= 11 is 0. The number of rotatable bonds is 6. The molecule has 0 radical (unpaired) electrons. The molecule has 0 saturated heterocycles. The van der Waals surface area contributed by atoms with Crippen LogP contribution in [0.1, 0.15) is 41.7 Å². The second kappa shape index (κ2) is 7.77. The Bertz CT molecular complexity index is 682. The lowest BCUT2D eigenvalue weighted by Crippen LogP contribution is -2.33. The van der Waals surface area contributed by atoms with E-state index < -0.39 is 0 Å². The molecule has 0 atom stereocenters. The summed E-state index contributed by atoms with van der Waals surface area (Å²) in [6.07, 6.45) is 7.56. The number of para-hydroxylation sites is 1. The fourth-order valence-corrected chi connectivity index (χ4v) is 2.90. The Balaban J connectivity index is 1.57. The molecule has 0 spiro atoms. The maximum absolute atomic E-state index is 12.1. The van der Waals surface area contributed by atoms with Crippen LogP contribution >= 0.6 is 0 Å². The van der Waals surface area contributed by atoms with E-state index in [0.717, 1.165) is 24.2 Å². The summed E-state index contributed by atoms with van der Waals surface area (Å²) in [6, 6.07) is 8.08. The summed E-state index contributed by atoms with van der Waals surface area (Å²) in [6.45, 7) is 0.576. The Morgan fingerprint density at radius 1 is 1.21 bits per heavy atom. The first-order valence-electron chi connectivity index (χ1n) is 8.25. The Morgan fingerprint density at radius 3 is 2.71 bits per heavy atom. The van der Waals surface area contributed by atoms with Crippen molar-refractivity contribution in [1.29, 1.82) is 0 Å². The minimum Gasteiger partial charge on any atom is -0.496 e. The van der Waals surface area contributed by atoms with E-state index in [0.29, 0.717) is 18.1 Å². The van der Waals surface area contributed by atoms with E-state index in [1.54, 1.807) is 13.3 Å². The van der Waals surface area contributed by atoms with Gasteiger partial charge < -0.3 is 15.4 Å². The third-order valence-corrected chi connectivity index (χ3v) is 4.23. The van der Waals surface area contributed by atoms with Gasteiger partial charge in [0, 0.05) is 18.2 Å². The Labute approximate surface area is 141 Å². The average Bonchev–Trinajstić information content (AvgIpc) is 3.13. The standard InChI is InChI=1S/C18H22N4O2/c1-24-16-9-5-2-6-13(16)10-20-17-12-19-15(11-21-17)18(23)22-14-7-3-4-8-14/h2,5-6,9,11-12,14H,3-4,7-8,10H2,1H3,(H,20,21)(H,22,23). The van der Waals surface area contributed by atoms with Gasteiger partial charge in [-0.2, -0.15) is 0 Å². The van der Waals surface area contributed by atoms with Crippen molar-refractivity contribution in [3.63, 3.8) is 0 Å². The molecule has 1 heterocycles. The molecule has 2 N–H and O–H groups in total. The SMILES string of the molecule is COc1ccccc1CNc1cnc(C(=O)NC2CCCC2)cn1. The average molecular weight is 326 g/mol. The number of aromatic nitrogens is 2. The molecule has 0 bridgehead atoms. The number of amides is 1. The maximum Gasteiger partial charge on any atom is 0.271 e. The first-order chi connectivity index (χ1) is 11.8. The van der Waals surface area contributed by atoms with E-state index in [1.807, 2.05) is 24.3 Å². The van der Waals surface area contributed by atoms with E-state index in [4.69, 9.17) is 4.74 Å². The molecule has 3 rings (SSSR count). The number of carbonyl (C=O) groups is 1. The van der Waals surface area contributed by atoms with Crippen molar-refractivity contribution in [2.75, 3.05) is 12.4 Å². The van der Waals surface area contributed by atoms with Crippen molar-refractivity contribution in [3.05, 3.63) is 47.9 Å². The molecule has 1 saturated carbocycles. The number of hydrogen-bond acceptors (Lipinski definition) is 5. The van der Waals surface area contributed by atoms with Gasteiger partial charge in [0.25, 0.3) is 5.91 Å². The molecule has 1 aliphatic carbocycles. The molecular weight excluding hydrogens is 304 g/mol. The Morgan fingerprint density at radius 2 is 2.00 bits per heavy atom. The van der Waals surface area contributed by atoms with Crippen LogP contribution in [0, 0.1) is 0 Å². The predicted octanol–water partition coefficient (Wildman–Crippen LogP) is 2.77. The van der Waals surface area contributed by atoms with Crippen LogP contribution < -0.4 is 15.4 Å². The van der Waals surface area contributed by atoms with Crippen LogP contribution in [0.25, 0.3) is 0 Å². The highest BCUT2D eigenvalue weighted by Crippen LogP contribution is 2.19. The largest absolute Gasteiger partial charge is 0.496 e. The minimum absolute atomic E-state index is 0.148. The number of hydrogen-bond donors (Lipinski definition) is 2. The van der Waals surface area contributed by atoms with Gasteiger partial charge in [-0.25, -0.2) is 9.97 Å². The van der Waals surface area contributed by atoms with Crippen LogP contribution in [0.15, 0.2) is 36.7 Å². The first-order valence-corrected chi connectivity index (χ1v) is 8.25. The summed E-state index contributed by atoms with van der Waals surface area (Å²) in [5.41, 5.74) is 1.38. The zero-order valence-corrected chi connectivity index (χ0v) is 13.8. The number of methoxy groups -OCH3 is 1. The Hall–Kier alpha value is -2.63. The van der Waals surface area contributed by atoms with Crippen molar-refractivity contribution in [1.82, 2.24) is 15.3 Å². The smallest absolute Gasteiger partial charge is 0.271 e. The number of nitrogens with one attached hydrogen (secondary N) is 2. The number of anilines is 1. The molecule has 0 aliphatic heterocycles. The lowest BCUT2D eigenvalue weighted by atomic mass is 10.2. The fourth-order valence-electron chi connectivity index (χ4n) is 2.90. The van der Waals surface area contributed by atoms with Crippen LogP contribution in [0.3, 0.4) is 0 Å². The van der Waals surface area contributed by atoms with Gasteiger partial charge in [0.2, 0.25) is 0 Å². The highest BCUT2D eigenvalue weighted by Gasteiger charge is 2.18. The molecule has 1 fully saturated rings. The number of carbonyl (C=O) groups excluding carboxylic acids is 1. The molecule has 24 heavy (non-hydrogen) atoms. The van der Waals surface area contributed by atoms with E-state index >= 15 is 0 Å². The van der Waals surface area contributed by atoms with E-state index in [-0.39, 0.29) is 11.9 Å². The molecule has 1 aliphatic rings. The normalized spacial score (nSPS) is 14.4. The first kappa shape index (κ1) is 16.2. The third-order valence-electron chi connectivity index (χ3n) is 4.23. The third kappa shape index (κ3) is 4.01. The lowest BCUT2D eigenvalue weighted by molar-refractivity contribution is 0.0932. The molecule has 1 aromatic carbocycles. The van der Waals surface area contributed by atoms with Gasteiger partial charge in [-0.15, -0.1) is 0 Å². The number of ether oxygens (including phenoxy) is 1. The van der Waals surface area contributed by atoms with Gasteiger partial charge in [0.1, 0.15) is 17.3 Å². The molecule has 6 heteroatoms. The minimum atomic E-state index is -0.148. The van der Waals surface area contributed by atoms with Crippen molar-refractivity contribution >= 4 is 11.7 Å². The zero-order valence-electron chi connectivity index (χ0n) is 13.8. The van der Waals surface area contributed by atoms with Crippen LogP contribution in [0.2, 0.25) is 0 Å². The predicted molar refractivity (Wildman–Crippen MR) is 92.1 cm³/mol. The summed E-state index contributed by atoms with van der Waals surface area (Å²) in [4.78, 5) is 20.6. The Kier molecular flexibility index (Phi) is 5.25. The van der Waals surface area contributed by atoms with Gasteiger partial charge >= 0.3 is 0 Å². The summed E-state index contributed by atoms with van der Waals surface area (Å²) < 4.78 is 5.32. The van der Waals surface area contributed by atoms with Crippen molar-refractivity contribution < 1.29 is 9.53 Å². The highest BCUT2D eigenvalue weighted by molar-refractivity contribution is 5.92. The van der Waals surface area contributed by atoms with E-state index in [9.17, 15) is 4.79 Å². The molecule has 2 aromatic rings. The quantitative estimate of drug-likeness (QED) is 0.853. The van der Waals surface area contributed by atoms with Crippen LogP contribution in [0.5, 0.6) is 5.75 Å². The van der Waals surface area contributed by atoms with Crippen LogP contribution in [-0.4, -0.2) is 29.0 Å². The van der Waals surface area contributed by atoms with Crippen LogP contribution in [0.4, 0.5) is 5.82 Å². The number of nitrogens with zero attached hydrogens (tertiary/aromatic N) is 2. The highest BCUT2D eigenvalue weighted by atomic mass is 16.5. The second-order valence-corrected chi connectivity index (χ2v) is 5.91. The lowest BCUT2D eigenvalue weighted by Gasteiger charge is -2.12. The van der Waals surface area contributed by atoms with Crippen molar-refractivity contribution in [3.8, 4) is 5.75 Å². The van der Waals surface area contributed by atoms with E-state index in [1.165, 1.54) is 19.0 Å². The molecule has 1 amide bonds. The zero-order chi connectivity index (χ0) is 16.8. The molecule has 6 nitrogen and oxygen atoms in total.